The van der Waals surface area contributed by atoms with Gasteiger partial charge in [0.15, 0.2) is 0 Å². The maximum atomic E-state index is 12.8. The fourth-order valence-corrected chi connectivity index (χ4v) is 6.71. The normalized spacial score (nSPS) is 31.8. The first-order chi connectivity index (χ1) is 13.0. The third-order valence-corrected chi connectivity index (χ3v) is 7.74. The standard InChI is InChI=1S/C19H23F3N2O3S/c20-19(21,22)15-2-1-3-16(7-15)28(26,27)23-11-17(25)24-18-8-12-4-13(9-18)6-14(5-12)10-18/h1-3,7,12-14,23H,4-6,8-11H2,(H,24,25). The molecule has 4 aliphatic rings. The molecule has 0 atom stereocenters. The minimum atomic E-state index is -4.64. The van der Waals surface area contributed by atoms with Crippen molar-refractivity contribution in [2.45, 2.75) is 55.1 Å². The lowest BCUT2D eigenvalue weighted by molar-refractivity contribution is -0.137. The monoisotopic (exact) mass is 416 g/mol. The molecule has 1 aromatic carbocycles. The van der Waals surface area contributed by atoms with Crippen LogP contribution in [0.2, 0.25) is 0 Å². The quantitative estimate of drug-likeness (QED) is 0.775. The summed E-state index contributed by atoms with van der Waals surface area (Å²) in [4.78, 5) is 11.9. The van der Waals surface area contributed by atoms with Crippen molar-refractivity contribution in [1.29, 1.82) is 0 Å². The van der Waals surface area contributed by atoms with Gasteiger partial charge in [-0.25, -0.2) is 13.1 Å². The molecule has 28 heavy (non-hydrogen) atoms. The SMILES string of the molecule is O=C(CNS(=O)(=O)c1cccc(C(F)(F)F)c1)NC12CC3CC(CC(C3)C1)C2. The molecule has 2 N–H and O–H groups in total. The number of carbonyl (C=O) groups is 1. The first-order valence-corrected chi connectivity index (χ1v) is 11.0. The Balaban J connectivity index is 1.39. The number of carbonyl (C=O) groups excluding carboxylic acids is 1. The molecule has 0 radical (unpaired) electrons. The highest BCUT2D eigenvalue weighted by Gasteiger charge is 2.51. The molecule has 1 aromatic rings. The van der Waals surface area contributed by atoms with Gasteiger partial charge in [0, 0.05) is 5.54 Å². The Kier molecular flexibility index (Phi) is 4.73. The lowest BCUT2D eigenvalue weighted by Crippen LogP contribution is -2.60. The van der Waals surface area contributed by atoms with Gasteiger partial charge in [0.05, 0.1) is 17.0 Å². The minimum Gasteiger partial charge on any atom is -0.349 e. The highest BCUT2D eigenvalue weighted by atomic mass is 32.2. The lowest BCUT2D eigenvalue weighted by atomic mass is 9.53. The number of benzene rings is 1. The van der Waals surface area contributed by atoms with Crippen LogP contribution in [-0.4, -0.2) is 26.4 Å². The minimum absolute atomic E-state index is 0.243. The zero-order valence-electron chi connectivity index (χ0n) is 15.3. The molecule has 4 bridgehead atoms. The fourth-order valence-electron chi connectivity index (χ4n) is 5.69. The summed E-state index contributed by atoms with van der Waals surface area (Å²) in [5.74, 6) is 1.47. The summed E-state index contributed by atoms with van der Waals surface area (Å²) in [5, 5.41) is 3.04. The van der Waals surface area contributed by atoms with Crippen LogP contribution < -0.4 is 10.0 Å². The van der Waals surface area contributed by atoms with Crippen LogP contribution in [0.5, 0.6) is 0 Å². The van der Waals surface area contributed by atoms with Gasteiger partial charge < -0.3 is 5.32 Å². The first-order valence-electron chi connectivity index (χ1n) is 9.53. The van der Waals surface area contributed by atoms with E-state index in [2.05, 4.69) is 10.0 Å². The van der Waals surface area contributed by atoms with Crippen molar-refractivity contribution in [2.24, 2.45) is 17.8 Å². The van der Waals surface area contributed by atoms with Crippen LogP contribution in [0.15, 0.2) is 29.2 Å². The van der Waals surface area contributed by atoms with E-state index in [1.807, 2.05) is 0 Å². The van der Waals surface area contributed by atoms with Gasteiger partial charge >= 0.3 is 6.18 Å². The van der Waals surface area contributed by atoms with E-state index in [0.29, 0.717) is 23.8 Å². The Hall–Kier alpha value is -1.61. The number of rotatable bonds is 5. The van der Waals surface area contributed by atoms with Gasteiger partial charge in [0.25, 0.3) is 0 Å². The van der Waals surface area contributed by atoms with Crippen LogP contribution >= 0.6 is 0 Å². The van der Waals surface area contributed by atoms with Crippen LogP contribution in [0, 0.1) is 17.8 Å². The average molecular weight is 416 g/mol. The van der Waals surface area contributed by atoms with Gasteiger partial charge in [-0.1, -0.05) is 6.07 Å². The van der Waals surface area contributed by atoms with Gasteiger partial charge in [-0.2, -0.15) is 13.2 Å². The largest absolute Gasteiger partial charge is 0.416 e. The predicted octanol–water partition coefficient (Wildman–Crippen LogP) is 3.07. The number of amides is 1. The Bertz CT molecular complexity index is 847. The number of sulfonamides is 1. The Labute approximate surface area is 162 Å². The molecule has 9 heteroatoms. The molecule has 154 valence electrons. The second-order valence-corrected chi connectivity index (χ2v) is 10.4. The summed E-state index contributed by atoms with van der Waals surface area (Å²) in [6.07, 6.45) is 1.83. The van der Waals surface area contributed by atoms with Crippen LogP contribution in [0.3, 0.4) is 0 Å². The third kappa shape index (κ3) is 3.91. The molecule has 4 aliphatic carbocycles. The van der Waals surface area contributed by atoms with E-state index in [-0.39, 0.29) is 5.54 Å². The van der Waals surface area contributed by atoms with Crippen molar-refractivity contribution in [3.8, 4) is 0 Å². The zero-order valence-corrected chi connectivity index (χ0v) is 16.1. The van der Waals surface area contributed by atoms with Gasteiger partial charge in [-0.3, -0.25) is 4.79 Å². The van der Waals surface area contributed by atoms with Crippen LogP contribution in [0.4, 0.5) is 13.2 Å². The summed E-state index contributed by atoms with van der Waals surface area (Å²) in [7, 11) is -4.22. The molecule has 0 spiro atoms. The van der Waals surface area contributed by atoms with E-state index in [0.717, 1.165) is 37.5 Å². The zero-order chi connectivity index (χ0) is 20.2. The molecule has 0 unspecified atom stereocenters. The summed E-state index contributed by atoms with van der Waals surface area (Å²) in [6.45, 7) is -0.486. The molecule has 0 heterocycles. The van der Waals surface area contributed by atoms with E-state index >= 15 is 0 Å². The maximum Gasteiger partial charge on any atom is 0.416 e. The molecular weight excluding hydrogens is 393 g/mol. The number of halogens is 3. The van der Waals surface area contributed by atoms with E-state index in [1.165, 1.54) is 19.3 Å². The molecule has 5 nitrogen and oxygen atoms in total. The molecule has 0 saturated heterocycles. The number of alkyl halides is 3. The van der Waals surface area contributed by atoms with Crippen molar-refractivity contribution >= 4 is 15.9 Å². The maximum absolute atomic E-state index is 12.8. The number of hydrogen-bond donors (Lipinski definition) is 2. The van der Waals surface area contributed by atoms with Crippen LogP contribution in [0.1, 0.15) is 44.1 Å². The molecule has 0 aromatic heterocycles. The summed E-state index contributed by atoms with van der Waals surface area (Å²) >= 11 is 0. The Morgan fingerprint density at radius 1 is 1.07 bits per heavy atom. The Morgan fingerprint density at radius 2 is 1.64 bits per heavy atom. The summed E-state index contributed by atoms with van der Waals surface area (Å²) in [5.41, 5.74) is -1.29. The summed E-state index contributed by atoms with van der Waals surface area (Å²) in [6, 6.07) is 3.49. The topological polar surface area (TPSA) is 75.3 Å². The average Bonchev–Trinajstić information content (AvgIpc) is 2.58. The first kappa shape index (κ1) is 19.7. The van der Waals surface area contributed by atoms with Gasteiger partial charge in [-0.15, -0.1) is 0 Å². The highest BCUT2D eigenvalue weighted by Crippen LogP contribution is 2.55. The molecular formula is C19H23F3N2O3S. The Morgan fingerprint density at radius 3 is 2.18 bits per heavy atom. The van der Waals surface area contributed by atoms with Gasteiger partial charge in [0.2, 0.25) is 15.9 Å². The van der Waals surface area contributed by atoms with Gasteiger partial charge in [-0.05, 0) is 74.5 Å². The molecule has 5 rings (SSSR count). The lowest BCUT2D eigenvalue weighted by Gasteiger charge is -2.56. The van der Waals surface area contributed by atoms with E-state index in [1.54, 1.807) is 0 Å². The predicted molar refractivity (Wildman–Crippen MR) is 95.7 cm³/mol. The van der Waals surface area contributed by atoms with Crippen LogP contribution in [0.25, 0.3) is 0 Å². The van der Waals surface area contributed by atoms with E-state index in [9.17, 15) is 26.4 Å². The second kappa shape index (κ2) is 6.73. The van der Waals surface area contributed by atoms with E-state index < -0.39 is 39.1 Å². The second-order valence-electron chi connectivity index (χ2n) is 8.60. The third-order valence-electron chi connectivity index (χ3n) is 6.34. The smallest absolute Gasteiger partial charge is 0.349 e. The fraction of sp³-hybridized carbons (Fsp3) is 0.632. The highest BCUT2D eigenvalue weighted by molar-refractivity contribution is 7.89. The number of hydrogen-bond acceptors (Lipinski definition) is 3. The van der Waals surface area contributed by atoms with Gasteiger partial charge in [0.1, 0.15) is 0 Å². The van der Waals surface area contributed by atoms with Crippen molar-refractivity contribution in [3.05, 3.63) is 29.8 Å². The van der Waals surface area contributed by atoms with Crippen molar-refractivity contribution in [1.82, 2.24) is 10.0 Å². The van der Waals surface area contributed by atoms with Crippen molar-refractivity contribution in [2.75, 3.05) is 6.54 Å². The van der Waals surface area contributed by atoms with Crippen LogP contribution in [-0.2, 0) is 21.0 Å². The number of nitrogens with one attached hydrogen (secondary N) is 2. The molecule has 0 aliphatic heterocycles. The van der Waals surface area contributed by atoms with Crippen molar-refractivity contribution < 1.29 is 26.4 Å². The van der Waals surface area contributed by atoms with E-state index in [4.69, 9.17) is 0 Å². The summed E-state index contributed by atoms with van der Waals surface area (Å²) < 4.78 is 65.2. The van der Waals surface area contributed by atoms with Crippen molar-refractivity contribution in [3.63, 3.8) is 0 Å². The molecule has 1 amide bonds. The molecule has 4 saturated carbocycles. The molecule has 4 fully saturated rings.